The smallest absolute Gasteiger partial charge is 0.250 e. The Morgan fingerprint density at radius 2 is 2.40 bits per heavy atom. The molecule has 84 valence electrons. The third-order valence-corrected chi connectivity index (χ3v) is 2.59. The second-order valence-corrected chi connectivity index (χ2v) is 3.71. The van der Waals surface area contributed by atoms with Crippen molar-refractivity contribution in [1.82, 2.24) is 4.90 Å². The zero-order chi connectivity index (χ0) is 11.1. The van der Waals surface area contributed by atoms with E-state index < -0.39 is 0 Å². The van der Waals surface area contributed by atoms with Crippen LogP contribution in [0.5, 0.6) is 0 Å². The Bertz CT molecular complexity index is 258. The van der Waals surface area contributed by atoms with E-state index in [-0.39, 0.29) is 12.5 Å². The zero-order valence-electron chi connectivity index (χ0n) is 9.11. The lowest BCUT2D eigenvalue weighted by Crippen LogP contribution is -2.31. The highest BCUT2D eigenvalue weighted by molar-refractivity contribution is 5.88. The first kappa shape index (κ1) is 12.0. The number of hydrogen-bond donors (Lipinski definition) is 1. The third kappa shape index (κ3) is 3.51. The summed E-state index contributed by atoms with van der Waals surface area (Å²) in [6.45, 7) is 4.21. The molecule has 0 fully saturated rings. The lowest BCUT2D eigenvalue weighted by atomic mass is 10.0. The number of aliphatic hydroxyl groups is 1. The molecule has 1 aliphatic carbocycles. The van der Waals surface area contributed by atoms with Crippen molar-refractivity contribution in [3.63, 3.8) is 0 Å². The van der Waals surface area contributed by atoms with Gasteiger partial charge in [-0.1, -0.05) is 12.7 Å². The minimum Gasteiger partial charge on any atom is -0.396 e. The summed E-state index contributed by atoms with van der Waals surface area (Å²) in [4.78, 5) is 13.3. The van der Waals surface area contributed by atoms with Crippen LogP contribution in [-0.2, 0) is 4.79 Å². The summed E-state index contributed by atoms with van der Waals surface area (Å²) in [6.07, 6.45) is 8.46. The number of carbonyl (C=O) groups is 1. The van der Waals surface area contributed by atoms with Gasteiger partial charge in [0.05, 0.1) is 0 Å². The molecule has 0 atom stereocenters. The van der Waals surface area contributed by atoms with Gasteiger partial charge in [0.1, 0.15) is 0 Å². The second-order valence-electron chi connectivity index (χ2n) is 3.71. The monoisotopic (exact) mass is 209 g/mol. The summed E-state index contributed by atoms with van der Waals surface area (Å²) in [7, 11) is 0. The van der Waals surface area contributed by atoms with E-state index in [0.29, 0.717) is 13.0 Å². The number of allylic oxidation sites excluding steroid dienone is 2. The molecular formula is C12H19NO2. The number of hydrogen-bond acceptors (Lipinski definition) is 2. The van der Waals surface area contributed by atoms with Gasteiger partial charge in [-0.15, -0.1) is 0 Å². The molecule has 0 saturated heterocycles. The molecule has 0 saturated carbocycles. The number of amides is 1. The SMILES string of the molecule is C=CC(=O)N(CCCO)C1=CCCCC1. The summed E-state index contributed by atoms with van der Waals surface area (Å²) in [5, 5.41) is 8.78. The van der Waals surface area contributed by atoms with Crippen molar-refractivity contribution in [3.05, 3.63) is 24.4 Å². The standard InChI is InChI=1S/C12H19NO2/c1-2-12(15)13(9-6-10-14)11-7-4-3-5-8-11/h2,7,14H,1,3-6,8-10H2. The molecule has 0 bridgehead atoms. The molecular weight excluding hydrogens is 190 g/mol. The van der Waals surface area contributed by atoms with Crippen LogP contribution in [0.25, 0.3) is 0 Å². The van der Waals surface area contributed by atoms with Gasteiger partial charge in [-0.3, -0.25) is 4.79 Å². The fourth-order valence-electron chi connectivity index (χ4n) is 1.80. The van der Waals surface area contributed by atoms with E-state index in [0.717, 1.165) is 25.0 Å². The molecule has 1 rings (SSSR count). The van der Waals surface area contributed by atoms with Crippen molar-refractivity contribution >= 4 is 5.91 Å². The highest BCUT2D eigenvalue weighted by Crippen LogP contribution is 2.21. The highest BCUT2D eigenvalue weighted by Gasteiger charge is 2.16. The fraction of sp³-hybridized carbons (Fsp3) is 0.583. The van der Waals surface area contributed by atoms with Gasteiger partial charge in [-0.05, 0) is 38.2 Å². The Hall–Kier alpha value is -1.09. The van der Waals surface area contributed by atoms with E-state index in [1.807, 2.05) is 0 Å². The molecule has 0 aliphatic heterocycles. The number of nitrogens with zero attached hydrogens (tertiary/aromatic N) is 1. The number of rotatable bonds is 5. The van der Waals surface area contributed by atoms with E-state index >= 15 is 0 Å². The van der Waals surface area contributed by atoms with Gasteiger partial charge in [0.15, 0.2) is 0 Å². The van der Waals surface area contributed by atoms with E-state index in [1.165, 1.54) is 12.5 Å². The molecule has 3 nitrogen and oxygen atoms in total. The predicted octanol–water partition coefficient (Wildman–Crippen LogP) is 1.84. The van der Waals surface area contributed by atoms with Crippen LogP contribution in [0.1, 0.15) is 32.1 Å². The van der Waals surface area contributed by atoms with E-state index in [4.69, 9.17) is 5.11 Å². The molecule has 0 heterocycles. The van der Waals surface area contributed by atoms with Crippen molar-refractivity contribution in [2.24, 2.45) is 0 Å². The summed E-state index contributed by atoms with van der Waals surface area (Å²) in [6, 6.07) is 0. The van der Waals surface area contributed by atoms with Gasteiger partial charge in [0.25, 0.3) is 0 Å². The first-order chi connectivity index (χ1) is 7.29. The molecule has 15 heavy (non-hydrogen) atoms. The fourth-order valence-corrected chi connectivity index (χ4v) is 1.80. The predicted molar refractivity (Wildman–Crippen MR) is 60.2 cm³/mol. The Balaban J connectivity index is 2.65. The van der Waals surface area contributed by atoms with Gasteiger partial charge in [0.2, 0.25) is 5.91 Å². The van der Waals surface area contributed by atoms with Crippen LogP contribution in [0, 0.1) is 0 Å². The largest absolute Gasteiger partial charge is 0.396 e. The Labute approximate surface area is 91.1 Å². The van der Waals surface area contributed by atoms with Crippen molar-refractivity contribution in [2.75, 3.05) is 13.2 Å². The molecule has 0 radical (unpaired) electrons. The topological polar surface area (TPSA) is 40.5 Å². The number of carbonyl (C=O) groups excluding carboxylic acids is 1. The lowest BCUT2D eigenvalue weighted by Gasteiger charge is -2.26. The Morgan fingerprint density at radius 3 is 2.93 bits per heavy atom. The molecule has 1 amide bonds. The van der Waals surface area contributed by atoms with Gasteiger partial charge in [0, 0.05) is 18.8 Å². The first-order valence-electron chi connectivity index (χ1n) is 5.53. The van der Waals surface area contributed by atoms with E-state index in [9.17, 15) is 4.79 Å². The van der Waals surface area contributed by atoms with Gasteiger partial charge in [-0.2, -0.15) is 0 Å². The van der Waals surface area contributed by atoms with Crippen LogP contribution >= 0.6 is 0 Å². The Kier molecular flexibility index (Phi) is 5.12. The molecule has 3 heteroatoms. The van der Waals surface area contributed by atoms with Crippen LogP contribution in [0.3, 0.4) is 0 Å². The summed E-state index contributed by atoms with van der Waals surface area (Å²) >= 11 is 0. The molecule has 0 aromatic rings. The van der Waals surface area contributed by atoms with Crippen molar-refractivity contribution in [2.45, 2.75) is 32.1 Å². The van der Waals surface area contributed by atoms with Crippen LogP contribution in [0.4, 0.5) is 0 Å². The van der Waals surface area contributed by atoms with E-state index in [1.54, 1.807) is 4.90 Å². The summed E-state index contributed by atoms with van der Waals surface area (Å²) in [5.41, 5.74) is 1.10. The van der Waals surface area contributed by atoms with Gasteiger partial charge < -0.3 is 10.0 Å². The average molecular weight is 209 g/mol. The minimum atomic E-state index is -0.0587. The normalized spacial score (nSPS) is 15.7. The van der Waals surface area contributed by atoms with Crippen LogP contribution in [0.15, 0.2) is 24.4 Å². The van der Waals surface area contributed by atoms with Crippen molar-refractivity contribution < 1.29 is 9.90 Å². The lowest BCUT2D eigenvalue weighted by molar-refractivity contribution is -0.124. The molecule has 0 unspecified atom stereocenters. The van der Waals surface area contributed by atoms with E-state index in [2.05, 4.69) is 12.7 Å². The van der Waals surface area contributed by atoms with Gasteiger partial charge >= 0.3 is 0 Å². The first-order valence-corrected chi connectivity index (χ1v) is 5.53. The highest BCUT2D eigenvalue weighted by atomic mass is 16.3. The van der Waals surface area contributed by atoms with Gasteiger partial charge in [-0.25, -0.2) is 0 Å². The maximum absolute atomic E-state index is 11.6. The molecule has 1 aliphatic rings. The minimum absolute atomic E-state index is 0.0587. The third-order valence-electron chi connectivity index (χ3n) is 2.59. The average Bonchev–Trinajstić information content (AvgIpc) is 2.30. The van der Waals surface area contributed by atoms with Crippen LogP contribution in [0.2, 0.25) is 0 Å². The number of aliphatic hydroxyl groups excluding tert-OH is 1. The van der Waals surface area contributed by atoms with Crippen LogP contribution < -0.4 is 0 Å². The van der Waals surface area contributed by atoms with Crippen molar-refractivity contribution in [1.29, 1.82) is 0 Å². The quantitative estimate of drug-likeness (QED) is 0.702. The summed E-state index contributed by atoms with van der Waals surface area (Å²) < 4.78 is 0. The molecule has 0 aromatic heterocycles. The molecule has 0 aromatic carbocycles. The summed E-state index contributed by atoms with van der Waals surface area (Å²) in [5.74, 6) is -0.0587. The molecule has 0 spiro atoms. The zero-order valence-corrected chi connectivity index (χ0v) is 9.11. The maximum Gasteiger partial charge on any atom is 0.250 e. The van der Waals surface area contributed by atoms with Crippen molar-refractivity contribution in [3.8, 4) is 0 Å². The second kappa shape index (κ2) is 6.40. The van der Waals surface area contributed by atoms with Crippen LogP contribution in [-0.4, -0.2) is 29.1 Å². The maximum atomic E-state index is 11.6. The Morgan fingerprint density at radius 1 is 1.60 bits per heavy atom. The molecule has 1 N–H and O–H groups in total.